The Morgan fingerprint density at radius 2 is 1.75 bits per heavy atom. The first-order valence-electron chi connectivity index (χ1n) is 4.91. The number of nitriles is 1. The summed E-state index contributed by atoms with van der Waals surface area (Å²) < 4.78 is 2.13. The van der Waals surface area contributed by atoms with Gasteiger partial charge in [0.1, 0.15) is 0 Å². The van der Waals surface area contributed by atoms with Gasteiger partial charge >= 0.3 is 0 Å². The maximum Gasteiger partial charge on any atom is 0.0991 e. The van der Waals surface area contributed by atoms with Gasteiger partial charge in [0, 0.05) is 10.8 Å². The Morgan fingerprint density at radius 3 is 2.56 bits per heavy atom. The predicted molar refractivity (Wildman–Crippen MR) is 73.6 cm³/mol. The summed E-state index contributed by atoms with van der Waals surface area (Å²) in [6.07, 6.45) is 0. The summed E-state index contributed by atoms with van der Waals surface area (Å²) >= 11 is 2.29. The number of halogens is 1. The summed E-state index contributed by atoms with van der Waals surface area (Å²) in [6, 6.07) is 16.2. The molecule has 0 saturated carbocycles. The maximum absolute atomic E-state index is 8.92. The molecule has 2 aromatic carbocycles. The van der Waals surface area contributed by atoms with Crippen molar-refractivity contribution in [3.63, 3.8) is 0 Å². The molecule has 0 atom stereocenters. The molecular formula is C13H7IN2. The van der Waals surface area contributed by atoms with E-state index in [1.54, 1.807) is 0 Å². The van der Waals surface area contributed by atoms with Gasteiger partial charge in [-0.3, -0.25) is 2.78 Å². The van der Waals surface area contributed by atoms with Crippen LogP contribution in [0.25, 0.3) is 21.8 Å². The zero-order valence-corrected chi connectivity index (χ0v) is 10.5. The Labute approximate surface area is 107 Å². The van der Waals surface area contributed by atoms with Crippen LogP contribution in [0.5, 0.6) is 0 Å². The molecule has 0 aliphatic heterocycles. The first kappa shape index (κ1) is 9.67. The summed E-state index contributed by atoms with van der Waals surface area (Å²) in [5, 5.41) is 11.3. The number of para-hydroxylation sites is 1. The van der Waals surface area contributed by atoms with E-state index >= 15 is 0 Å². The van der Waals surface area contributed by atoms with Crippen molar-refractivity contribution in [2.24, 2.45) is 0 Å². The van der Waals surface area contributed by atoms with Crippen molar-refractivity contribution < 1.29 is 0 Å². The summed E-state index contributed by atoms with van der Waals surface area (Å²) in [7, 11) is 0. The molecule has 0 aliphatic rings. The standard InChI is InChI=1S/C13H7IN2/c14-16-12-4-2-1-3-10(12)11-7-9(8-15)5-6-13(11)16/h1-7H. The van der Waals surface area contributed by atoms with Gasteiger partial charge in [-0.05, 0) is 24.3 Å². The van der Waals surface area contributed by atoms with Crippen LogP contribution in [0.1, 0.15) is 5.56 Å². The molecule has 0 radical (unpaired) electrons. The average Bonchev–Trinajstić information content (AvgIpc) is 2.64. The van der Waals surface area contributed by atoms with Crippen molar-refractivity contribution in [3.05, 3.63) is 48.0 Å². The van der Waals surface area contributed by atoms with Crippen molar-refractivity contribution in [1.82, 2.24) is 2.78 Å². The van der Waals surface area contributed by atoms with Crippen LogP contribution in [0.4, 0.5) is 0 Å². The minimum absolute atomic E-state index is 0.709. The van der Waals surface area contributed by atoms with Crippen molar-refractivity contribution in [2.45, 2.75) is 0 Å². The Hall–Kier alpha value is -1.54. The molecule has 0 fully saturated rings. The van der Waals surface area contributed by atoms with Gasteiger partial charge in [-0.25, -0.2) is 0 Å². The third-order valence-electron chi connectivity index (χ3n) is 2.74. The van der Waals surface area contributed by atoms with E-state index < -0.39 is 0 Å². The van der Waals surface area contributed by atoms with Gasteiger partial charge < -0.3 is 0 Å². The normalized spacial score (nSPS) is 10.8. The van der Waals surface area contributed by atoms with Crippen LogP contribution >= 0.6 is 22.9 Å². The minimum Gasteiger partial charge on any atom is -0.282 e. The highest BCUT2D eigenvalue weighted by atomic mass is 127. The second-order valence-corrected chi connectivity index (χ2v) is 4.61. The number of aromatic nitrogens is 1. The lowest BCUT2D eigenvalue weighted by Gasteiger charge is -1.94. The minimum atomic E-state index is 0.709. The fourth-order valence-electron chi connectivity index (χ4n) is 1.99. The Morgan fingerprint density at radius 1 is 1.00 bits per heavy atom. The highest BCUT2D eigenvalue weighted by molar-refractivity contribution is 14.1. The number of nitrogens with zero attached hydrogens (tertiary/aromatic N) is 2. The number of hydrogen-bond donors (Lipinski definition) is 0. The zero-order valence-electron chi connectivity index (χ0n) is 8.31. The smallest absolute Gasteiger partial charge is 0.0991 e. The van der Waals surface area contributed by atoms with Gasteiger partial charge in [-0.1, -0.05) is 18.2 Å². The Kier molecular flexibility index (Phi) is 2.11. The highest BCUT2D eigenvalue weighted by Crippen LogP contribution is 2.30. The third-order valence-corrected chi connectivity index (χ3v) is 3.78. The second kappa shape index (κ2) is 3.49. The molecule has 0 spiro atoms. The van der Waals surface area contributed by atoms with Crippen LogP contribution in [-0.4, -0.2) is 2.78 Å². The van der Waals surface area contributed by atoms with E-state index in [4.69, 9.17) is 5.26 Å². The lowest BCUT2D eigenvalue weighted by molar-refractivity contribution is 1.47. The van der Waals surface area contributed by atoms with Crippen molar-refractivity contribution in [1.29, 1.82) is 5.26 Å². The average molecular weight is 318 g/mol. The van der Waals surface area contributed by atoms with Crippen LogP contribution in [0.3, 0.4) is 0 Å². The lowest BCUT2D eigenvalue weighted by Crippen LogP contribution is -1.77. The second-order valence-electron chi connectivity index (χ2n) is 3.64. The molecule has 0 aliphatic carbocycles. The molecule has 2 nitrogen and oxygen atoms in total. The fraction of sp³-hybridized carbons (Fsp3) is 0. The summed E-state index contributed by atoms with van der Waals surface area (Å²) in [5.74, 6) is 0. The molecule has 0 unspecified atom stereocenters. The number of fused-ring (bicyclic) bond motifs is 3. The number of benzene rings is 2. The van der Waals surface area contributed by atoms with E-state index in [-0.39, 0.29) is 0 Å². The summed E-state index contributed by atoms with van der Waals surface area (Å²) in [6.45, 7) is 0. The van der Waals surface area contributed by atoms with E-state index in [0.29, 0.717) is 5.56 Å². The lowest BCUT2D eigenvalue weighted by atomic mass is 10.1. The van der Waals surface area contributed by atoms with E-state index in [1.165, 1.54) is 10.9 Å². The first-order chi connectivity index (χ1) is 7.81. The van der Waals surface area contributed by atoms with Crippen LogP contribution in [-0.2, 0) is 0 Å². The monoisotopic (exact) mass is 318 g/mol. The van der Waals surface area contributed by atoms with Gasteiger partial charge in [0.25, 0.3) is 0 Å². The van der Waals surface area contributed by atoms with E-state index in [1.807, 2.05) is 30.3 Å². The van der Waals surface area contributed by atoms with Crippen LogP contribution in [0.15, 0.2) is 42.5 Å². The molecule has 3 aromatic rings. The molecular weight excluding hydrogens is 311 g/mol. The molecule has 0 amide bonds. The molecule has 0 saturated heterocycles. The molecule has 0 N–H and O–H groups in total. The largest absolute Gasteiger partial charge is 0.282 e. The molecule has 16 heavy (non-hydrogen) atoms. The Bertz CT molecular complexity index is 735. The fourth-order valence-corrected chi connectivity index (χ4v) is 2.84. The van der Waals surface area contributed by atoms with Crippen LogP contribution in [0.2, 0.25) is 0 Å². The van der Waals surface area contributed by atoms with Crippen molar-refractivity contribution in [3.8, 4) is 6.07 Å². The topological polar surface area (TPSA) is 28.7 Å². The van der Waals surface area contributed by atoms with Crippen LogP contribution < -0.4 is 0 Å². The molecule has 3 heteroatoms. The zero-order chi connectivity index (χ0) is 11.1. The SMILES string of the molecule is N#Cc1ccc2c(c1)c1ccccc1n2I. The first-order valence-corrected chi connectivity index (χ1v) is 5.87. The quantitative estimate of drug-likeness (QED) is 0.579. The van der Waals surface area contributed by atoms with Crippen molar-refractivity contribution >= 4 is 44.7 Å². The van der Waals surface area contributed by atoms with E-state index in [0.717, 1.165) is 10.9 Å². The number of hydrogen-bond acceptors (Lipinski definition) is 1. The molecule has 0 bridgehead atoms. The molecule has 1 heterocycles. The maximum atomic E-state index is 8.92. The summed E-state index contributed by atoms with van der Waals surface area (Å²) in [4.78, 5) is 0. The third kappa shape index (κ3) is 1.23. The van der Waals surface area contributed by atoms with Crippen molar-refractivity contribution in [2.75, 3.05) is 0 Å². The van der Waals surface area contributed by atoms with Gasteiger partial charge in [0.15, 0.2) is 0 Å². The van der Waals surface area contributed by atoms with Crippen LogP contribution in [0, 0.1) is 11.3 Å². The van der Waals surface area contributed by atoms with Gasteiger partial charge in [-0.15, -0.1) is 0 Å². The van der Waals surface area contributed by atoms with Gasteiger partial charge in [0.05, 0.1) is 45.5 Å². The molecule has 3 rings (SSSR count). The Balaban J connectivity index is 2.58. The highest BCUT2D eigenvalue weighted by Gasteiger charge is 2.08. The van der Waals surface area contributed by atoms with E-state index in [2.05, 4.69) is 43.8 Å². The molecule has 1 aromatic heterocycles. The van der Waals surface area contributed by atoms with E-state index in [9.17, 15) is 0 Å². The van der Waals surface area contributed by atoms with Gasteiger partial charge in [-0.2, -0.15) is 5.26 Å². The number of rotatable bonds is 0. The van der Waals surface area contributed by atoms with Gasteiger partial charge in [0.2, 0.25) is 0 Å². The summed E-state index contributed by atoms with van der Waals surface area (Å²) in [5.41, 5.74) is 3.05. The molecule has 76 valence electrons. The predicted octanol–water partition coefficient (Wildman–Crippen LogP) is 3.86.